The molecule has 0 unspecified atom stereocenters. The van der Waals surface area contributed by atoms with E-state index in [0.29, 0.717) is 30.4 Å². The van der Waals surface area contributed by atoms with Gasteiger partial charge in [0.2, 0.25) is 0 Å². The van der Waals surface area contributed by atoms with Gasteiger partial charge in [0.25, 0.3) is 0 Å². The number of nitrogens with one attached hydrogen (secondary N) is 1. The summed E-state index contributed by atoms with van der Waals surface area (Å²) in [4.78, 5) is 15.3. The molecule has 6 heteroatoms. The van der Waals surface area contributed by atoms with Crippen molar-refractivity contribution in [3.8, 4) is 11.5 Å². The maximum atomic E-state index is 11.0. The lowest BCUT2D eigenvalue weighted by Gasteiger charge is -2.16. The highest BCUT2D eigenvalue weighted by Gasteiger charge is 2.14. The van der Waals surface area contributed by atoms with Crippen LogP contribution in [0.25, 0.3) is 10.9 Å². The Morgan fingerprint density at radius 1 is 1.27 bits per heavy atom. The molecule has 0 fully saturated rings. The molecule has 1 aromatic carbocycles. The van der Waals surface area contributed by atoms with E-state index in [9.17, 15) is 4.79 Å². The summed E-state index contributed by atoms with van der Waals surface area (Å²) in [6, 6.07) is 4.68. The third kappa shape index (κ3) is 3.39. The van der Waals surface area contributed by atoms with Crippen LogP contribution in [0.15, 0.2) is 24.4 Å². The van der Waals surface area contributed by atoms with E-state index in [2.05, 4.69) is 10.3 Å². The van der Waals surface area contributed by atoms with Crippen LogP contribution >= 0.6 is 0 Å². The fourth-order valence-electron chi connectivity index (χ4n) is 2.11. The lowest BCUT2D eigenvalue weighted by Crippen LogP contribution is -2.25. The first-order valence-electron chi connectivity index (χ1n) is 7.24. The number of hydrogen-bond acceptors (Lipinski definition) is 5. The molecule has 0 bridgehead atoms. The highest BCUT2D eigenvalue weighted by molar-refractivity contribution is 5.94. The number of nitrogens with zero attached hydrogens (tertiary/aromatic N) is 1. The molecule has 118 valence electrons. The molecule has 0 saturated carbocycles. The van der Waals surface area contributed by atoms with Crippen molar-refractivity contribution in [2.75, 3.05) is 18.5 Å². The van der Waals surface area contributed by atoms with Gasteiger partial charge in [-0.25, -0.2) is 0 Å². The minimum atomic E-state index is -0.916. The van der Waals surface area contributed by atoms with E-state index in [1.807, 2.05) is 19.9 Å². The summed E-state index contributed by atoms with van der Waals surface area (Å²) in [5.41, 5.74) is 1.42. The largest absolute Gasteiger partial charge is 0.490 e. The molecule has 0 radical (unpaired) electrons. The Morgan fingerprint density at radius 2 is 1.91 bits per heavy atom. The Kier molecular flexibility index (Phi) is 5.04. The fourth-order valence-corrected chi connectivity index (χ4v) is 2.11. The Hall–Kier alpha value is -2.50. The fraction of sp³-hybridized carbons (Fsp3) is 0.375. The molecule has 0 aliphatic rings. The molecular formula is C16H20N2O4. The number of aliphatic carboxylic acids is 1. The van der Waals surface area contributed by atoms with Gasteiger partial charge < -0.3 is 19.9 Å². The minimum Gasteiger partial charge on any atom is -0.490 e. The van der Waals surface area contributed by atoms with Crippen molar-refractivity contribution in [1.82, 2.24) is 4.98 Å². The second kappa shape index (κ2) is 6.98. The number of fused-ring (bicyclic) bond motifs is 1. The first kappa shape index (κ1) is 15.9. The monoisotopic (exact) mass is 304 g/mol. The van der Waals surface area contributed by atoms with Crippen molar-refractivity contribution >= 4 is 22.6 Å². The number of rotatable bonds is 7. The molecule has 0 amide bonds. The summed E-state index contributed by atoms with van der Waals surface area (Å²) in [7, 11) is 0. The van der Waals surface area contributed by atoms with Gasteiger partial charge in [-0.3, -0.25) is 9.78 Å². The molecule has 0 aliphatic carbocycles. The zero-order chi connectivity index (χ0) is 16.1. The van der Waals surface area contributed by atoms with E-state index in [1.165, 1.54) is 0 Å². The van der Waals surface area contributed by atoms with Crippen molar-refractivity contribution in [2.24, 2.45) is 0 Å². The molecular weight excluding hydrogens is 284 g/mol. The molecule has 1 atom stereocenters. The Bertz CT molecular complexity index is 672. The van der Waals surface area contributed by atoms with Crippen molar-refractivity contribution < 1.29 is 19.4 Å². The Balaban J connectivity index is 2.50. The van der Waals surface area contributed by atoms with Gasteiger partial charge in [-0.15, -0.1) is 0 Å². The van der Waals surface area contributed by atoms with Gasteiger partial charge in [0.15, 0.2) is 11.5 Å². The predicted octanol–water partition coefficient (Wildman–Crippen LogP) is 2.92. The van der Waals surface area contributed by atoms with Gasteiger partial charge >= 0.3 is 5.97 Å². The molecule has 0 saturated heterocycles. The summed E-state index contributed by atoms with van der Waals surface area (Å²) >= 11 is 0. The number of aromatic nitrogens is 1. The summed E-state index contributed by atoms with van der Waals surface area (Å²) in [6.07, 6.45) is 1.63. The molecule has 2 aromatic rings. The number of anilines is 1. The van der Waals surface area contributed by atoms with Gasteiger partial charge in [0.1, 0.15) is 6.04 Å². The van der Waals surface area contributed by atoms with Crippen LogP contribution in [-0.4, -0.2) is 35.3 Å². The van der Waals surface area contributed by atoms with E-state index >= 15 is 0 Å². The Morgan fingerprint density at radius 3 is 2.50 bits per heavy atom. The molecule has 0 spiro atoms. The number of carboxylic acids is 1. The average Bonchev–Trinajstić information content (AvgIpc) is 2.49. The van der Waals surface area contributed by atoms with Crippen molar-refractivity contribution in [2.45, 2.75) is 26.8 Å². The van der Waals surface area contributed by atoms with Crippen LogP contribution in [0.5, 0.6) is 11.5 Å². The number of ether oxygens (including phenoxy) is 2. The zero-order valence-corrected chi connectivity index (χ0v) is 12.9. The highest BCUT2D eigenvalue weighted by atomic mass is 16.5. The van der Waals surface area contributed by atoms with E-state index in [1.54, 1.807) is 25.3 Å². The molecule has 0 aliphatic heterocycles. The van der Waals surface area contributed by atoms with Crippen molar-refractivity contribution in [3.05, 3.63) is 24.4 Å². The molecule has 22 heavy (non-hydrogen) atoms. The maximum absolute atomic E-state index is 11.0. The summed E-state index contributed by atoms with van der Waals surface area (Å²) in [5.74, 6) is 0.338. The van der Waals surface area contributed by atoms with Crippen molar-refractivity contribution in [1.29, 1.82) is 0 Å². The zero-order valence-electron chi connectivity index (χ0n) is 12.9. The summed E-state index contributed by atoms with van der Waals surface area (Å²) in [6.45, 7) is 6.43. The van der Waals surface area contributed by atoms with Crippen LogP contribution in [-0.2, 0) is 4.79 Å². The van der Waals surface area contributed by atoms with Crippen LogP contribution in [0.1, 0.15) is 20.8 Å². The summed E-state index contributed by atoms with van der Waals surface area (Å²) < 4.78 is 11.2. The van der Waals surface area contributed by atoms with Crippen LogP contribution in [0.4, 0.5) is 5.69 Å². The molecule has 6 nitrogen and oxygen atoms in total. The van der Waals surface area contributed by atoms with Crippen LogP contribution in [0.3, 0.4) is 0 Å². The summed E-state index contributed by atoms with van der Waals surface area (Å²) in [5, 5.41) is 12.8. The van der Waals surface area contributed by atoms with Gasteiger partial charge in [-0.2, -0.15) is 0 Å². The number of carbonyl (C=O) groups is 1. The third-order valence-corrected chi connectivity index (χ3v) is 3.15. The first-order chi connectivity index (χ1) is 10.6. The lowest BCUT2D eigenvalue weighted by molar-refractivity contribution is -0.137. The van der Waals surface area contributed by atoms with Crippen LogP contribution in [0, 0.1) is 0 Å². The van der Waals surface area contributed by atoms with Gasteiger partial charge in [-0.05, 0) is 32.9 Å². The molecule has 2 rings (SSSR count). The number of carboxylic acid groups (broad SMARTS) is 1. The second-order valence-electron chi connectivity index (χ2n) is 4.74. The third-order valence-electron chi connectivity index (χ3n) is 3.15. The van der Waals surface area contributed by atoms with Gasteiger partial charge in [0.05, 0.1) is 18.7 Å². The van der Waals surface area contributed by atoms with Gasteiger partial charge in [-0.1, -0.05) is 0 Å². The number of hydrogen-bond donors (Lipinski definition) is 2. The van der Waals surface area contributed by atoms with E-state index in [-0.39, 0.29) is 0 Å². The Labute approximate surface area is 129 Å². The van der Waals surface area contributed by atoms with E-state index in [4.69, 9.17) is 14.6 Å². The SMILES string of the molecule is CCOc1cc2nccc(N[C@@H](C)C(=O)O)c2cc1OCC. The normalized spacial score (nSPS) is 12.0. The van der Waals surface area contributed by atoms with E-state index < -0.39 is 12.0 Å². The first-order valence-corrected chi connectivity index (χ1v) is 7.24. The highest BCUT2D eigenvalue weighted by Crippen LogP contribution is 2.35. The van der Waals surface area contributed by atoms with Crippen molar-refractivity contribution in [3.63, 3.8) is 0 Å². The quantitative estimate of drug-likeness (QED) is 0.818. The molecule has 1 heterocycles. The smallest absolute Gasteiger partial charge is 0.325 e. The second-order valence-corrected chi connectivity index (χ2v) is 4.74. The number of benzene rings is 1. The van der Waals surface area contributed by atoms with Crippen LogP contribution < -0.4 is 14.8 Å². The maximum Gasteiger partial charge on any atom is 0.325 e. The molecule has 2 N–H and O–H groups in total. The van der Waals surface area contributed by atoms with Crippen LogP contribution in [0.2, 0.25) is 0 Å². The average molecular weight is 304 g/mol. The topological polar surface area (TPSA) is 80.7 Å². The predicted molar refractivity (Wildman–Crippen MR) is 84.8 cm³/mol. The number of pyridine rings is 1. The molecule has 1 aromatic heterocycles. The van der Waals surface area contributed by atoms with E-state index in [0.717, 1.165) is 10.9 Å². The van der Waals surface area contributed by atoms with Gasteiger partial charge in [0, 0.05) is 23.3 Å². The minimum absolute atomic E-state index is 0.514. The standard InChI is InChI=1S/C16H20N2O4/c1-4-21-14-8-11-12(18-10(3)16(19)20)6-7-17-13(11)9-15(14)22-5-2/h6-10H,4-5H2,1-3H3,(H,17,18)(H,19,20)/t10-/m0/s1. The lowest BCUT2D eigenvalue weighted by atomic mass is 10.1.